The molecular weight excluding hydrogens is 506 g/mol. The molecule has 4 rings (SSSR count). The van der Waals surface area contributed by atoms with E-state index in [0.29, 0.717) is 0 Å². The average molecular weight is 532 g/mol. The van der Waals surface area contributed by atoms with Crippen LogP contribution in [0.1, 0.15) is 17.3 Å². The first-order valence-electron chi connectivity index (χ1n) is 11.1. The van der Waals surface area contributed by atoms with Crippen LogP contribution in [0.15, 0.2) is 62.7 Å². The monoisotopic (exact) mass is 531 g/mol. The Balaban J connectivity index is 1.38. The molecule has 0 spiro atoms. The lowest BCUT2D eigenvalue weighted by molar-refractivity contribution is 0.0933. The number of anilines is 1. The lowest BCUT2D eigenvalue weighted by Gasteiger charge is -2.33. The van der Waals surface area contributed by atoms with E-state index in [4.69, 9.17) is 9.15 Å². The molecule has 1 aliphatic heterocycles. The van der Waals surface area contributed by atoms with Crippen molar-refractivity contribution >= 4 is 39.8 Å². The van der Waals surface area contributed by atoms with Crippen LogP contribution in [0.5, 0.6) is 0 Å². The molecule has 13 heteroatoms. The zero-order chi connectivity index (χ0) is 25.7. The van der Waals surface area contributed by atoms with E-state index in [-0.39, 0.29) is 55.2 Å². The van der Waals surface area contributed by atoms with Gasteiger partial charge in [0, 0.05) is 42.2 Å². The summed E-state index contributed by atoms with van der Waals surface area (Å²) >= 11 is 1.58. The third kappa shape index (κ3) is 5.69. The van der Waals surface area contributed by atoms with Gasteiger partial charge in [-0.15, -0.1) is 16.9 Å². The van der Waals surface area contributed by atoms with Crippen LogP contribution < -0.4 is 5.32 Å². The van der Waals surface area contributed by atoms with Crippen molar-refractivity contribution < 1.29 is 27.2 Å². The number of hydrogen-bond donors (Lipinski definition) is 1. The Morgan fingerprint density at radius 3 is 2.47 bits per heavy atom. The highest BCUT2D eigenvalue weighted by Gasteiger charge is 2.30. The van der Waals surface area contributed by atoms with Gasteiger partial charge in [-0.3, -0.25) is 10.1 Å². The molecule has 0 radical (unpaired) electrons. The minimum Gasteiger partial charge on any atom is -0.450 e. The molecule has 1 saturated heterocycles. The highest BCUT2D eigenvalue weighted by Crippen LogP contribution is 2.25. The number of aromatic nitrogens is 2. The van der Waals surface area contributed by atoms with Crippen LogP contribution in [0.25, 0.3) is 11.5 Å². The molecule has 0 atom stereocenters. The van der Waals surface area contributed by atoms with E-state index in [1.165, 1.54) is 33.5 Å². The third-order valence-corrected chi connectivity index (χ3v) is 8.12. The van der Waals surface area contributed by atoms with Gasteiger partial charge in [0.15, 0.2) is 0 Å². The minimum absolute atomic E-state index is 0.0531. The second-order valence-electron chi connectivity index (χ2n) is 7.71. The largest absolute Gasteiger partial charge is 0.450 e. The van der Waals surface area contributed by atoms with Gasteiger partial charge >= 0.3 is 12.1 Å². The van der Waals surface area contributed by atoms with Crippen LogP contribution in [0.2, 0.25) is 0 Å². The Labute approximate surface area is 212 Å². The third-order valence-electron chi connectivity index (χ3n) is 5.48. The molecule has 190 valence electrons. The van der Waals surface area contributed by atoms with E-state index >= 15 is 0 Å². The molecule has 1 fully saturated rings. The smallest absolute Gasteiger partial charge is 0.409 e. The molecule has 1 aromatic heterocycles. The minimum atomic E-state index is -3.78. The summed E-state index contributed by atoms with van der Waals surface area (Å²) in [5, 5.41) is 10.4. The number of sulfonamides is 1. The molecule has 2 heterocycles. The van der Waals surface area contributed by atoms with Crippen LogP contribution in [0.3, 0.4) is 0 Å². The van der Waals surface area contributed by atoms with Gasteiger partial charge in [0.2, 0.25) is 15.9 Å². The van der Waals surface area contributed by atoms with Crippen molar-refractivity contribution in [1.82, 2.24) is 19.4 Å². The van der Waals surface area contributed by atoms with E-state index in [9.17, 15) is 18.0 Å². The highest BCUT2D eigenvalue weighted by molar-refractivity contribution is 7.98. The number of ether oxygens (including phenoxy) is 1. The van der Waals surface area contributed by atoms with Gasteiger partial charge in [0.1, 0.15) is 0 Å². The van der Waals surface area contributed by atoms with Crippen LogP contribution in [0, 0.1) is 0 Å². The Hall–Kier alpha value is -3.42. The lowest BCUT2D eigenvalue weighted by atomic mass is 10.2. The number of carbonyl (C=O) groups is 2. The van der Waals surface area contributed by atoms with Crippen molar-refractivity contribution in [3.63, 3.8) is 0 Å². The van der Waals surface area contributed by atoms with E-state index in [1.54, 1.807) is 18.7 Å². The van der Waals surface area contributed by atoms with Crippen LogP contribution in [0.4, 0.5) is 10.8 Å². The Morgan fingerprint density at radius 1 is 1.08 bits per heavy atom. The van der Waals surface area contributed by atoms with Crippen molar-refractivity contribution in [3.05, 3.63) is 54.1 Å². The summed E-state index contributed by atoms with van der Waals surface area (Å²) in [7, 11) is -3.78. The van der Waals surface area contributed by atoms with Crippen LogP contribution in [-0.2, 0) is 14.8 Å². The number of carbonyl (C=O) groups excluding carboxylic acids is 2. The lowest BCUT2D eigenvalue weighted by Crippen LogP contribution is -2.50. The van der Waals surface area contributed by atoms with Crippen molar-refractivity contribution in [2.24, 2.45) is 0 Å². The second-order valence-corrected chi connectivity index (χ2v) is 10.5. The summed E-state index contributed by atoms with van der Waals surface area (Å²) in [6, 6.07) is 13.1. The highest BCUT2D eigenvalue weighted by atomic mass is 32.2. The number of piperazine rings is 1. The summed E-state index contributed by atoms with van der Waals surface area (Å²) in [6.45, 7) is 2.77. The molecule has 36 heavy (non-hydrogen) atoms. The predicted octanol–water partition coefficient (Wildman–Crippen LogP) is 3.17. The fraction of sp³-hybridized carbons (Fsp3) is 0.304. The van der Waals surface area contributed by atoms with Crippen molar-refractivity contribution in [2.75, 3.05) is 44.4 Å². The fourth-order valence-electron chi connectivity index (χ4n) is 3.57. The maximum Gasteiger partial charge on any atom is 0.409 e. The number of rotatable bonds is 7. The van der Waals surface area contributed by atoms with Crippen molar-refractivity contribution in [3.8, 4) is 11.5 Å². The maximum atomic E-state index is 13.0. The van der Waals surface area contributed by atoms with E-state index in [2.05, 4.69) is 15.5 Å². The second kappa shape index (κ2) is 11.1. The van der Waals surface area contributed by atoms with E-state index in [0.717, 1.165) is 10.5 Å². The number of thioether (sulfide) groups is 1. The zero-order valence-electron chi connectivity index (χ0n) is 19.7. The zero-order valence-corrected chi connectivity index (χ0v) is 21.3. The quantitative estimate of drug-likeness (QED) is 0.456. The van der Waals surface area contributed by atoms with Gasteiger partial charge in [-0.1, -0.05) is 11.2 Å². The maximum absolute atomic E-state index is 13.0. The van der Waals surface area contributed by atoms with Gasteiger partial charge in [-0.2, -0.15) is 4.31 Å². The fourth-order valence-corrected chi connectivity index (χ4v) is 5.45. The molecule has 1 N–H and O–H groups in total. The molecule has 0 saturated carbocycles. The molecule has 0 aliphatic carbocycles. The van der Waals surface area contributed by atoms with Gasteiger partial charge in [-0.05, 0) is 55.6 Å². The van der Waals surface area contributed by atoms with Crippen molar-refractivity contribution in [1.29, 1.82) is 0 Å². The Kier molecular flexibility index (Phi) is 7.91. The topological polar surface area (TPSA) is 135 Å². The van der Waals surface area contributed by atoms with E-state index < -0.39 is 22.0 Å². The summed E-state index contributed by atoms with van der Waals surface area (Å²) in [6.07, 6.45) is 1.51. The average Bonchev–Trinajstić information content (AvgIpc) is 3.37. The van der Waals surface area contributed by atoms with Gasteiger partial charge in [-0.25, -0.2) is 13.2 Å². The summed E-state index contributed by atoms with van der Waals surface area (Å²) < 4.78 is 37.8. The first-order chi connectivity index (χ1) is 17.3. The summed E-state index contributed by atoms with van der Waals surface area (Å²) in [5.41, 5.74) is 0.956. The molecule has 0 bridgehead atoms. The Morgan fingerprint density at radius 2 is 1.81 bits per heavy atom. The normalized spacial score (nSPS) is 14.4. The summed E-state index contributed by atoms with van der Waals surface area (Å²) in [5.74, 6) is -0.249. The van der Waals surface area contributed by atoms with Crippen LogP contribution >= 0.6 is 11.8 Å². The number of nitrogens with zero attached hydrogens (tertiary/aromatic N) is 4. The first-order valence-corrected chi connectivity index (χ1v) is 13.8. The van der Waals surface area contributed by atoms with Crippen LogP contribution in [-0.4, -0.2) is 78.9 Å². The molecule has 2 amide bonds. The van der Waals surface area contributed by atoms with Gasteiger partial charge in [0.25, 0.3) is 5.91 Å². The standard InChI is InChI=1S/C23H25N5O6S2/c1-3-33-23(30)27-11-13-28(14-12-27)36(31,32)19-9-7-16(8-10-19)20(29)24-22-26-25-21(34-22)17-5-4-6-18(15-17)35-2/h4-10,15H,3,11-14H2,1-2H3,(H,24,26,29). The number of amides is 2. The number of hydrogen-bond acceptors (Lipinski definition) is 9. The molecule has 0 unspecified atom stereocenters. The molecule has 1 aliphatic rings. The molecule has 2 aromatic carbocycles. The molecule has 3 aromatic rings. The first kappa shape index (κ1) is 25.7. The summed E-state index contributed by atoms with van der Waals surface area (Å²) in [4.78, 5) is 27.0. The van der Waals surface area contributed by atoms with Gasteiger partial charge in [0.05, 0.1) is 11.5 Å². The SMILES string of the molecule is CCOC(=O)N1CCN(S(=O)(=O)c2ccc(C(=O)Nc3nnc(-c4cccc(SC)c4)o3)cc2)CC1. The molecule has 11 nitrogen and oxygen atoms in total. The van der Waals surface area contributed by atoms with E-state index in [1.807, 2.05) is 30.5 Å². The van der Waals surface area contributed by atoms with Crippen molar-refractivity contribution in [2.45, 2.75) is 16.7 Å². The predicted molar refractivity (Wildman–Crippen MR) is 133 cm³/mol. The number of benzene rings is 2. The van der Waals surface area contributed by atoms with Gasteiger partial charge < -0.3 is 14.1 Å². The molecular formula is C23H25N5O6S2. The Bertz CT molecular complexity index is 1340. The number of nitrogens with one attached hydrogen (secondary N) is 1.